The highest BCUT2D eigenvalue weighted by molar-refractivity contribution is 7.88. The van der Waals surface area contributed by atoms with Crippen LogP contribution in [0.3, 0.4) is 0 Å². The average molecular weight is 327 g/mol. The lowest BCUT2D eigenvalue weighted by Gasteiger charge is -2.22. The number of sulfonamides is 1. The van der Waals surface area contributed by atoms with Crippen LogP contribution >= 0.6 is 0 Å². The number of fused-ring (bicyclic) bond motifs is 1. The van der Waals surface area contributed by atoms with Gasteiger partial charge in [-0.1, -0.05) is 0 Å². The molecule has 2 fully saturated rings. The van der Waals surface area contributed by atoms with Crippen LogP contribution in [0.1, 0.15) is 0 Å². The summed E-state index contributed by atoms with van der Waals surface area (Å²) in [6, 6.07) is 0. The normalized spacial score (nSPS) is 30.4. The molecule has 10 heteroatoms. The van der Waals surface area contributed by atoms with Gasteiger partial charge in [0.25, 0.3) is 10.2 Å². The van der Waals surface area contributed by atoms with Gasteiger partial charge in [-0.15, -0.1) is 0 Å². The monoisotopic (exact) mass is 327 g/mol. The highest BCUT2D eigenvalue weighted by atomic mass is 32.2. The van der Waals surface area contributed by atoms with Crippen molar-refractivity contribution in [2.24, 2.45) is 5.92 Å². The molecule has 2 aliphatic rings. The standard InChI is InChI=1S/C10H21N3O5S2/c1-11(2)20(16,17)13-7-9-6-12(19(3,14)15)4-5-18-10(9)8-13/h9-10H,4-8H2,1-3H3/t9-,10+/m0/s1. The van der Waals surface area contributed by atoms with E-state index in [2.05, 4.69) is 0 Å². The molecule has 20 heavy (non-hydrogen) atoms. The van der Waals surface area contributed by atoms with Gasteiger partial charge in [0.15, 0.2) is 0 Å². The number of rotatable bonds is 3. The molecule has 0 aromatic rings. The molecule has 2 saturated heterocycles. The van der Waals surface area contributed by atoms with Gasteiger partial charge in [0, 0.05) is 46.2 Å². The molecule has 0 spiro atoms. The summed E-state index contributed by atoms with van der Waals surface area (Å²) < 4.78 is 57.0. The van der Waals surface area contributed by atoms with Gasteiger partial charge in [-0.25, -0.2) is 8.42 Å². The Morgan fingerprint density at radius 2 is 1.65 bits per heavy atom. The Bertz CT molecular complexity index is 559. The van der Waals surface area contributed by atoms with Crippen LogP contribution in [0.15, 0.2) is 0 Å². The van der Waals surface area contributed by atoms with E-state index < -0.39 is 20.2 Å². The Morgan fingerprint density at radius 3 is 2.20 bits per heavy atom. The Hall–Kier alpha value is -0.260. The molecule has 2 rings (SSSR count). The van der Waals surface area contributed by atoms with E-state index in [4.69, 9.17) is 4.74 Å². The largest absolute Gasteiger partial charge is 0.375 e. The van der Waals surface area contributed by atoms with E-state index in [9.17, 15) is 16.8 Å². The lowest BCUT2D eigenvalue weighted by Crippen LogP contribution is -2.40. The third-order valence-electron chi connectivity index (χ3n) is 3.72. The third-order valence-corrected chi connectivity index (χ3v) is 6.86. The fourth-order valence-electron chi connectivity index (χ4n) is 2.55. The smallest absolute Gasteiger partial charge is 0.281 e. The molecular weight excluding hydrogens is 306 g/mol. The molecule has 2 atom stereocenters. The Labute approximate surface area is 120 Å². The van der Waals surface area contributed by atoms with Gasteiger partial charge in [-0.3, -0.25) is 0 Å². The second-order valence-electron chi connectivity index (χ2n) is 5.40. The summed E-state index contributed by atoms with van der Waals surface area (Å²) in [7, 11) is -3.80. The van der Waals surface area contributed by atoms with Crippen molar-refractivity contribution < 1.29 is 21.6 Å². The Morgan fingerprint density at radius 1 is 1.05 bits per heavy atom. The fraction of sp³-hybridized carbons (Fsp3) is 1.00. The molecule has 118 valence electrons. The van der Waals surface area contributed by atoms with Crippen LogP contribution in [-0.4, -0.2) is 89.0 Å². The highest BCUT2D eigenvalue weighted by Crippen LogP contribution is 2.27. The second-order valence-corrected chi connectivity index (χ2v) is 9.52. The SMILES string of the molecule is CN(C)S(=O)(=O)N1C[C@@H]2CN(S(C)(=O)=O)CCO[C@@H]2C1. The minimum atomic E-state index is -3.48. The van der Waals surface area contributed by atoms with Crippen molar-refractivity contribution >= 4 is 20.2 Å². The zero-order valence-corrected chi connectivity index (χ0v) is 13.5. The first-order valence-electron chi connectivity index (χ1n) is 6.36. The van der Waals surface area contributed by atoms with E-state index in [-0.39, 0.29) is 25.1 Å². The predicted octanol–water partition coefficient (Wildman–Crippen LogP) is -1.61. The number of nitrogens with zero attached hydrogens (tertiary/aromatic N) is 3. The fourth-order valence-corrected chi connectivity index (χ4v) is 4.59. The van der Waals surface area contributed by atoms with Crippen molar-refractivity contribution in [1.82, 2.24) is 12.9 Å². The summed E-state index contributed by atoms with van der Waals surface area (Å²) in [5, 5.41) is 0. The van der Waals surface area contributed by atoms with E-state index in [0.29, 0.717) is 19.7 Å². The molecular formula is C10H21N3O5S2. The molecule has 0 aliphatic carbocycles. The maximum absolute atomic E-state index is 12.1. The molecule has 0 aromatic carbocycles. The highest BCUT2D eigenvalue weighted by Gasteiger charge is 2.43. The Kier molecular flexibility index (Phi) is 4.43. The van der Waals surface area contributed by atoms with Gasteiger partial charge in [0.1, 0.15) is 0 Å². The number of hydrogen-bond donors (Lipinski definition) is 0. The molecule has 0 aromatic heterocycles. The molecule has 0 radical (unpaired) electrons. The maximum atomic E-state index is 12.1. The summed E-state index contributed by atoms with van der Waals surface area (Å²) >= 11 is 0. The van der Waals surface area contributed by atoms with Gasteiger partial charge < -0.3 is 4.74 Å². The molecule has 0 amide bonds. The van der Waals surface area contributed by atoms with Gasteiger partial charge in [-0.2, -0.15) is 21.3 Å². The van der Waals surface area contributed by atoms with Crippen molar-refractivity contribution in [3.63, 3.8) is 0 Å². The lowest BCUT2D eigenvalue weighted by atomic mass is 10.1. The molecule has 0 N–H and O–H groups in total. The van der Waals surface area contributed by atoms with Gasteiger partial charge >= 0.3 is 0 Å². The first-order chi connectivity index (χ1) is 9.12. The quantitative estimate of drug-likeness (QED) is 0.622. The van der Waals surface area contributed by atoms with Crippen LogP contribution in [0.25, 0.3) is 0 Å². The van der Waals surface area contributed by atoms with Crippen molar-refractivity contribution in [1.29, 1.82) is 0 Å². The molecule has 0 saturated carbocycles. The van der Waals surface area contributed by atoms with Crippen LogP contribution in [0, 0.1) is 5.92 Å². The van der Waals surface area contributed by atoms with Crippen LogP contribution < -0.4 is 0 Å². The van der Waals surface area contributed by atoms with Crippen molar-refractivity contribution in [3.8, 4) is 0 Å². The first-order valence-corrected chi connectivity index (χ1v) is 9.61. The molecule has 2 heterocycles. The summed E-state index contributed by atoms with van der Waals surface area (Å²) in [6.45, 7) is 1.50. The van der Waals surface area contributed by atoms with Crippen LogP contribution in [0.5, 0.6) is 0 Å². The minimum Gasteiger partial charge on any atom is -0.375 e. The van der Waals surface area contributed by atoms with E-state index in [1.807, 2.05) is 0 Å². The van der Waals surface area contributed by atoms with Crippen molar-refractivity contribution in [2.45, 2.75) is 6.10 Å². The van der Waals surface area contributed by atoms with Gasteiger partial charge in [0.2, 0.25) is 10.0 Å². The maximum Gasteiger partial charge on any atom is 0.281 e. The summed E-state index contributed by atoms with van der Waals surface area (Å²) in [5.41, 5.74) is 0. The Balaban J connectivity index is 2.15. The van der Waals surface area contributed by atoms with E-state index in [1.165, 1.54) is 22.7 Å². The van der Waals surface area contributed by atoms with Crippen LogP contribution in [0.4, 0.5) is 0 Å². The van der Waals surface area contributed by atoms with E-state index in [0.717, 1.165) is 10.6 Å². The molecule has 0 bridgehead atoms. The van der Waals surface area contributed by atoms with Crippen molar-refractivity contribution in [2.75, 3.05) is 53.1 Å². The summed E-state index contributed by atoms with van der Waals surface area (Å²) in [4.78, 5) is 0. The zero-order valence-electron chi connectivity index (χ0n) is 11.9. The average Bonchev–Trinajstić information content (AvgIpc) is 2.60. The van der Waals surface area contributed by atoms with Gasteiger partial charge in [-0.05, 0) is 0 Å². The van der Waals surface area contributed by atoms with Gasteiger partial charge in [0.05, 0.1) is 19.0 Å². The number of ether oxygens (including phenoxy) is 1. The minimum absolute atomic E-state index is 0.123. The van der Waals surface area contributed by atoms with E-state index in [1.54, 1.807) is 0 Å². The van der Waals surface area contributed by atoms with Crippen LogP contribution in [-0.2, 0) is 25.0 Å². The molecule has 0 unspecified atom stereocenters. The first kappa shape index (κ1) is 16.1. The summed E-state index contributed by atoms with van der Waals surface area (Å²) in [5.74, 6) is -0.123. The van der Waals surface area contributed by atoms with Crippen molar-refractivity contribution in [3.05, 3.63) is 0 Å². The number of hydrogen-bond acceptors (Lipinski definition) is 5. The van der Waals surface area contributed by atoms with E-state index >= 15 is 0 Å². The van der Waals surface area contributed by atoms with Crippen LogP contribution in [0.2, 0.25) is 0 Å². The third kappa shape index (κ3) is 3.15. The second kappa shape index (κ2) is 5.50. The summed E-state index contributed by atoms with van der Waals surface area (Å²) in [6.07, 6.45) is 0.924. The topological polar surface area (TPSA) is 87.2 Å². The zero-order chi connectivity index (χ0) is 15.1. The lowest BCUT2D eigenvalue weighted by molar-refractivity contribution is 0.0551. The molecule has 8 nitrogen and oxygen atoms in total. The predicted molar refractivity (Wildman–Crippen MR) is 73.8 cm³/mol. The molecule has 2 aliphatic heterocycles.